The van der Waals surface area contributed by atoms with Crippen LogP contribution in [0.15, 0.2) is 48.0 Å². The van der Waals surface area contributed by atoms with Crippen LogP contribution in [0, 0.1) is 0 Å². The van der Waals surface area contributed by atoms with E-state index in [2.05, 4.69) is 0 Å². The van der Waals surface area contributed by atoms with Crippen molar-refractivity contribution in [1.82, 2.24) is 9.80 Å². The second kappa shape index (κ2) is 8.92. The lowest BCUT2D eigenvalue weighted by Gasteiger charge is -2.27. The minimum absolute atomic E-state index is 0.0231. The SMILES string of the molecule is COc1ccccc1[C@@H]1C(=C(O)c2ccc3c(c2)OCCO3)C(=O)C(=O)N1CCN(C)C. The van der Waals surface area contributed by atoms with Crippen LogP contribution in [-0.4, -0.2) is 74.1 Å². The summed E-state index contributed by atoms with van der Waals surface area (Å²) in [6.07, 6.45) is 0. The molecule has 1 amide bonds. The van der Waals surface area contributed by atoms with Gasteiger partial charge in [0.05, 0.1) is 18.7 Å². The van der Waals surface area contributed by atoms with Crippen molar-refractivity contribution in [1.29, 1.82) is 0 Å². The van der Waals surface area contributed by atoms with E-state index in [0.717, 1.165) is 0 Å². The summed E-state index contributed by atoms with van der Waals surface area (Å²) in [4.78, 5) is 29.6. The summed E-state index contributed by atoms with van der Waals surface area (Å²) in [6.45, 7) is 1.72. The van der Waals surface area contributed by atoms with E-state index in [1.807, 2.05) is 31.1 Å². The predicted molar refractivity (Wildman–Crippen MR) is 118 cm³/mol. The molecule has 1 fully saturated rings. The number of carbonyl (C=O) groups excluding carboxylic acids is 2. The highest BCUT2D eigenvalue weighted by Gasteiger charge is 2.46. The van der Waals surface area contributed by atoms with E-state index in [1.165, 1.54) is 12.0 Å². The van der Waals surface area contributed by atoms with Crippen LogP contribution in [0.1, 0.15) is 17.2 Å². The van der Waals surface area contributed by atoms with Gasteiger partial charge in [-0.3, -0.25) is 9.59 Å². The van der Waals surface area contributed by atoms with Crippen molar-refractivity contribution in [3.8, 4) is 17.2 Å². The number of amides is 1. The van der Waals surface area contributed by atoms with Gasteiger partial charge in [0, 0.05) is 24.2 Å². The van der Waals surface area contributed by atoms with Gasteiger partial charge in [-0.05, 0) is 38.4 Å². The molecule has 2 aromatic carbocycles. The molecule has 2 aromatic rings. The van der Waals surface area contributed by atoms with Crippen LogP contribution >= 0.6 is 0 Å². The van der Waals surface area contributed by atoms with Crippen molar-refractivity contribution < 1.29 is 28.9 Å². The average Bonchev–Trinajstić information content (AvgIpc) is 3.06. The summed E-state index contributed by atoms with van der Waals surface area (Å²) in [5, 5.41) is 11.2. The molecular formula is C24H26N2O6. The number of likely N-dealkylation sites (tertiary alicyclic amines) is 1. The number of methoxy groups -OCH3 is 1. The number of rotatable bonds is 6. The number of aliphatic hydroxyl groups excluding tert-OH is 1. The fourth-order valence-electron chi connectivity index (χ4n) is 3.98. The fraction of sp³-hybridized carbons (Fsp3) is 0.333. The Morgan fingerprint density at radius 2 is 1.84 bits per heavy atom. The summed E-state index contributed by atoms with van der Waals surface area (Å²) in [6, 6.07) is 11.4. The number of para-hydroxylation sites is 1. The van der Waals surface area contributed by atoms with Gasteiger partial charge in [-0.15, -0.1) is 0 Å². The second-order valence-electron chi connectivity index (χ2n) is 7.90. The molecule has 168 valence electrons. The highest BCUT2D eigenvalue weighted by Crippen LogP contribution is 2.43. The second-order valence-corrected chi connectivity index (χ2v) is 7.90. The molecule has 4 rings (SSSR count). The molecule has 1 saturated heterocycles. The lowest BCUT2D eigenvalue weighted by Crippen LogP contribution is -2.35. The first-order chi connectivity index (χ1) is 15.4. The molecule has 8 heteroatoms. The number of Topliss-reactive ketones (excluding diaryl/α,β-unsaturated/α-hetero) is 1. The van der Waals surface area contributed by atoms with Crippen LogP contribution < -0.4 is 14.2 Å². The molecule has 2 aliphatic heterocycles. The van der Waals surface area contributed by atoms with Gasteiger partial charge in [-0.25, -0.2) is 0 Å². The number of carbonyl (C=O) groups is 2. The Morgan fingerprint density at radius 3 is 2.56 bits per heavy atom. The van der Waals surface area contributed by atoms with Crippen molar-refractivity contribution in [2.45, 2.75) is 6.04 Å². The molecule has 2 heterocycles. The molecule has 1 atom stereocenters. The van der Waals surface area contributed by atoms with Gasteiger partial charge >= 0.3 is 0 Å². The summed E-state index contributed by atoms with van der Waals surface area (Å²) < 4.78 is 16.7. The van der Waals surface area contributed by atoms with E-state index in [-0.39, 0.29) is 11.3 Å². The third-order valence-corrected chi connectivity index (χ3v) is 5.58. The number of ether oxygens (including phenoxy) is 3. The van der Waals surface area contributed by atoms with Gasteiger partial charge in [-0.1, -0.05) is 18.2 Å². The van der Waals surface area contributed by atoms with Crippen molar-refractivity contribution in [3.63, 3.8) is 0 Å². The molecule has 1 N–H and O–H groups in total. The molecule has 0 radical (unpaired) electrons. The van der Waals surface area contributed by atoms with Crippen molar-refractivity contribution in [2.75, 3.05) is 47.5 Å². The molecule has 0 aromatic heterocycles. The number of ketones is 1. The van der Waals surface area contributed by atoms with Crippen LogP contribution in [0.2, 0.25) is 0 Å². The average molecular weight is 438 g/mol. The minimum atomic E-state index is -0.778. The number of likely N-dealkylation sites (N-methyl/N-ethyl adjacent to an activating group) is 1. The van der Waals surface area contributed by atoms with Crippen molar-refractivity contribution >= 4 is 17.4 Å². The molecular weight excluding hydrogens is 412 g/mol. The van der Waals surface area contributed by atoms with E-state index >= 15 is 0 Å². The first-order valence-corrected chi connectivity index (χ1v) is 10.4. The van der Waals surface area contributed by atoms with Gasteiger partial charge < -0.3 is 29.1 Å². The van der Waals surface area contributed by atoms with E-state index in [9.17, 15) is 14.7 Å². The molecule has 2 aliphatic rings. The number of nitrogens with zero attached hydrogens (tertiary/aromatic N) is 2. The number of hydrogen-bond acceptors (Lipinski definition) is 7. The molecule has 0 bridgehead atoms. The first kappa shape index (κ1) is 21.7. The van der Waals surface area contributed by atoms with Crippen LogP contribution in [0.4, 0.5) is 0 Å². The number of aliphatic hydroxyl groups is 1. The lowest BCUT2D eigenvalue weighted by molar-refractivity contribution is -0.140. The Balaban J connectivity index is 1.85. The summed E-state index contributed by atoms with van der Waals surface area (Å²) >= 11 is 0. The van der Waals surface area contributed by atoms with Crippen LogP contribution in [0.25, 0.3) is 5.76 Å². The van der Waals surface area contributed by atoms with Gasteiger partial charge in [0.2, 0.25) is 0 Å². The van der Waals surface area contributed by atoms with E-state index in [1.54, 1.807) is 30.3 Å². The standard InChI is InChI=1S/C24H26N2O6/c1-25(2)10-11-26-21(16-6-4-5-7-17(16)30-3)20(23(28)24(26)29)22(27)15-8-9-18-19(14-15)32-13-12-31-18/h4-9,14,21,27H,10-13H2,1-3H3/t21-/m1/s1. The zero-order valence-electron chi connectivity index (χ0n) is 18.3. The molecule has 0 spiro atoms. The fourth-order valence-corrected chi connectivity index (χ4v) is 3.98. The maximum absolute atomic E-state index is 13.1. The topological polar surface area (TPSA) is 88.5 Å². The summed E-state index contributed by atoms with van der Waals surface area (Å²) in [7, 11) is 5.32. The van der Waals surface area contributed by atoms with Gasteiger partial charge in [-0.2, -0.15) is 0 Å². The zero-order valence-corrected chi connectivity index (χ0v) is 18.3. The van der Waals surface area contributed by atoms with Crippen LogP contribution in [-0.2, 0) is 9.59 Å². The maximum Gasteiger partial charge on any atom is 0.295 e. The van der Waals surface area contributed by atoms with Crippen molar-refractivity contribution in [2.24, 2.45) is 0 Å². The van der Waals surface area contributed by atoms with Crippen molar-refractivity contribution in [3.05, 3.63) is 59.2 Å². The van der Waals surface area contributed by atoms with E-state index in [0.29, 0.717) is 54.7 Å². The highest BCUT2D eigenvalue weighted by atomic mass is 16.6. The monoisotopic (exact) mass is 438 g/mol. The third-order valence-electron chi connectivity index (χ3n) is 5.58. The maximum atomic E-state index is 13.1. The number of hydrogen-bond donors (Lipinski definition) is 1. The third kappa shape index (κ3) is 3.89. The molecule has 32 heavy (non-hydrogen) atoms. The lowest BCUT2D eigenvalue weighted by atomic mass is 9.94. The van der Waals surface area contributed by atoms with E-state index in [4.69, 9.17) is 14.2 Å². The molecule has 0 unspecified atom stereocenters. The Morgan fingerprint density at radius 1 is 1.12 bits per heavy atom. The molecule has 0 aliphatic carbocycles. The zero-order chi connectivity index (χ0) is 22.8. The smallest absolute Gasteiger partial charge is 0.295 e. The first-order valence-electron chi connectivity index (χ1n) is 10.4. The van der Waals surface area contributed by atoms with Gasteiger partial charge in [0.15, 0.2) is 11.5 Å². The quantitative estimate of drug-likeness (QED) is 0.421. The van der Waals surface area contributed by atoms with E-state index < -0.39 is 17.7 Å². The largest absolute Gasteiger partial charge is 0.507 e. The molecule has 0 saturated carbocycles. The Hall–Kier alpha value is -3.52. The molecule has 8 nitrogen and oxygen atoms in total. The number of fused-ring (bicyclic) bond motifs is 1. The summed E-state index contributed by atoms with van der Waals surface area (Å²) in [5.41, 5.74) is 1.03. The predicted octanol–water partition coefficient (Wildman–Crippen LogP) is 2.45. The normalized spacial score (nSPS) is 19.5. The Kier molecular flexibility index (Phi) is 6.05. The summed E-state index contributed by atoms with van der Waals surface area (Å²) in [5.74, 6) is -0.0590. The van der Waals surface area contributed by atoms with Crippen LogP contribution in [0.3, 0.4) is 0 Å². The van der Waals surface area contributed by atoms with Crippen LogP contribution in [0.5, 0.6) is 17.2 Å². The Labute approximate surface area is 186 Å². The Bertz CT molecular complexity index is 1080. The number of benzene rings is 2. The highest BCUT2D eigenvalue weighted by molar-refractivity contribution is 6.46. The van der Waals surface area contributed by atoms with Gasteiger partial charge in [0.1, 0.15) is 24.7 Å². The van der Waals surface area contributed by atoms with Gasteiger partial charge in [0.25, 0.3) is 11.7 Å². The minimum Gasteiger partial charge on any atom is -0.507 e.